The molecule has 3 rings (SSSR count). The largest absolute Gasteiger partial charge is 0.417 e. The maximum Gasteiger partial charge on any atom is 0.191 e. The van der Waals surface area contributed by atoms with Gasteiger partial charge >= 0.3 is 0 Å². The first-order valence-electron chi connectivity index (χ1n) is 12.3. The Labute approximate surface area is 219 Å². The van der Waals surface area contributed by atoms with Gasteiger partial charge < -0.3 is 4.43 Å². The Morgan fingerprint density at radius 1 is 1.06 bits per heavy atom. The highest BCUT2D eigenvalue weighted by Gasteiger charge is 2.43. The van der Waals surface area contributed by atoms with Gasteiger partial charge in [0.1, 0.15) is 11.0 Å². The van der Waals surface area contributed by atoms with Gasteiger partial charge in [0.25, 0.3) is 0 Å². The molecule has 0 spiro atoms. The molecule has 0 saturated carbocycles. The van der Waals surface area contributed by atoms with Gasteiger partial charge in [-0.05, 0) is 73.5 Å². The second-order valence-corrected chi connectivity index (χ2v) is 19.8. The quantitative estimate of drug-likeness (QED) is 0.250. The molecule has 1 aliphatic heterocycles. The molecule has 188 valence electrons. The minimum atomic E-state index is -1.76. The summed E-state index contributed by atoms with van der Waals surface area (Å²) in [5.74, 6) is 2.27. The molecule has 0 aromatic heterocycles. The van der Waals surface area contributed by atoms with Gasteiger partial charge in [-0.2, -0.15) is 0 Å². The van der Waals surface area contributed by atoms with Gasteiger partial charge in [-0.25, -0.2) is 8.93 Å². The van der Waals surface area contributed by atoms with E-state index in [4.69, 9.17) is 4.43 Å². The van der Waals surface area contributed by atoms with Crippen molar-refractivity contribution in [2.75, 3.05) is 18.1 Å². The van der Waals surface area contributed by atoms with Crippen LogP contribution in [0.1, 0.15) is 57.2 Å². The van der Waals surface area contributed by atoms with Crippen LogP contribution in [0.3, 0.4) is 0 Å². The van der Waals surface area contributed by atoms with Crippen LogP contribution in [0.15, 0.2) is 59.5 Å². The lowest BCUT2D eigenvalue weighted by molar-refractivity contribution is 0.275. The summed E-state index contributed by atoms with van der Waals surface area (Å²) < 4.78 is 23.5. The summed E-state index contributed by atoms with van der Waals surface area (Å²) in [4.78, 5) is 0.828. The van der Waals surface area contributed by atoms with Crippen molar-refractivity contribution in [3.63, 3.8) is 0 Å². The molecule has 1 unspecified atom stereocenters. The third kappa shape index (κ3) is 7.23. The number of benzene rings is 2. The molecule has 1 heterocycles. The number of thioether (sulfide) groups is 2. The summed E-state index contributed by atoms with van der Waals surface area (Å²) >= 11 is 4.08. The highest BCUT2D eigenvalue weighted by atomic mass is 32.2. The Hall–Kier alpha value is -0.573. The summed E-state index contributed by atoms with van der Waals surface area (Å²) in [7, 11) is -3.04. The first-order chi connectivity index (χ1) is 16.0. The fourth-order valence-electron chi connectivity index (χ4n) is 3.80. The Kier molecular flexibility index (Phi) is 9.97. The van der Waals surface area contributed by atoms with E-state index < -0.39 is 19.3 Å². The first kappa shape index (κ1) is 28.0. The van der Waals surface area contributed by atoms with Crippen LogP contribution in [0.25, 0.3) is 0 Å². The van der Waals surface area contributed by atoms with E-state index in [1.807, 2.05) is 47.8 Å². The summed E-state index contributed by atoms with van der Waals surface area (Å²) in [6.07, 6.45) is 3.25. The molecule has 34 heavy (non-hydrogen) atoms. The molecule has 2 aromatic carbocycles. The average molecular weight is 536 g/mol. The SMILES string of the molecule is Cc1ccc(S(=O)N[C@@H](c2ccccc2)C2(CCCO[Si](C)(C)C(C)(C)C)SCCCS2)cc1. The van der Waals surface area contributed by atoms with Crippen LogP contribution in [-0.4, -0.2) is 34.7 Å². The Morgan fingerprint density at radius 3 is 2.26 bits per heavy atom. The van der Waals surface area contributed by atoms with E-state index in [1.54, 1.807) is 0 Å². The van der Waals surface area contributed by atoms with Crippen LogP contribution < -0.4 is 4.72 Å². The second-order valence-electron chi connectivity index (χ2n) is 10.6. The van der Waals surface area contributed by atoms with E-state index in [1.165, 1.54) is 17.5 Å². The van der Waals surface area contributed by atoms with Crippen molar-refractivity contribution in [1.82, 2.24) is 4.72 Å². The minimum Gasteiger partial charge on any atom is -0.417 e. The van der Waals surface area contributed by atoms with Crippen LogP contribution in [0.2, 0.25) is 18.1 Å². The van der Waals surface area contributed by atoms with Crippen molar-refractivity contribution in [3.05, 3.63) is 65.7 Å². The highest BCUT2D eigenvalue weighted by Crippen LogP contribution is 2.53. The van der Waals surface area contributed by atoms with Crippen molar-refractivity contribution < 1.29 is 8.63 Å². The second kappa shape index (κ2) is 12.1. The molecule has 1 aliphatic rings. The molecule has 0 radical (unpaired) electrons. The average Bonchev–Trinajstić information content (AvgIpc) is 2.81. The summed E-state index contributed by atoms with van der Waals surface area (Å²) in [6, 6.07) is 18.6. The fraction of sp³-hybridized carbons (Fsp3) is 0.556. The molecule has 0 amide bonds. The lowest BCUT2D eigenvalue weighted by Gasteiger charge is -2.43. The van der Waals surface area contributed by atoms with E-state index in [9.17, 15) is 4.21 Å². The third-order valence-corrected chi connectivity index (χ3v) is 16.2. The maximum atomic E-state index is 13.5. The van der Waals surface area contributed by atoms with Gasteiger partial charge in [0, 0.05) is 6.61 Å². The number of nitrogens with one attached hydrogen (secondary N) is 1. The van der Waals surface area contributed by atoms with Crippen LogP contribution >= 0.6 is 23.5 Å². The van der Waals surface area contributed by atoms with E-state index in [0.29, 0.717) is 0 Å². The molecular weight excluding hydrogens is 495 g/mol. The maximum absolute atomic E-state index is 13.5. The summed E-state index contributed by atoms with van der Waals surface area (Å²) in [5.41, 5.74) is 2.38. The van der Waals surface area contributed by atoms with Crippen LogP contribution in [-0.2, 0) is 15.4 Å². The molecule has 3 nitrogen and oxygen atoms in total. The molecule has 1 N–H and O–H groups in total. The van der Waals surface area contributed by atoms with Gasteiger partial charge in [-0.3, -0.25) is 0 Å². The first-order valence-corrected chi connectivity index (χ1v) is 18.3. The van der Waals surface area contributed by atoms with Crippen molar-refractivity contribution in [2.45, 2.75) is 80.1 Å². The van der Waals surface area contributed by atoms with Crippen molar-refractivity contribution in [2.24, 2.45) is 0 Å². The van der Waals surface area contributed by atoms with E-state index in [0.717, 1.165) is 35.8 Å². The lowest BCUT2D eigenvalue weighted by Crippen LogP contribution is -2.43. The zero-order valence-electron chi connectivity index (χ0n) is 21.6. The standard InChI is InChI=1S/C27H41NO2S3Si/c1-22-14-16-24(17-15-22)33(29)28-25(23-12-8-7-9-13-23)27(31-20-11-21-32-27)18-10-19-30-34(5,6)26(2,3)4/h7-9,12-17,25,28H,10-11,18-21H2,1-6H3/t25-,33?/m0/s1. The summed E-state index contributed by atoms with van der Waals surface area (Å²) in [5, 5.41) is 0.220. The molecule has 0 aliphatic carbocycles. The van der Waals surface area contributed by atoms with Crippen molar-refractivity contribution >= 4 is 42.8 Å². The van der Waals surface area contributed by atoms with E-state index in [2.05, 4.69) is 75.8 Å². The molecule has 2 atom stereocenters. The van der Waals surface area contributed by atoms with Crippen molar-refractivity contribution in [3.8, 4) is 0 Å². The Bertz CT molecular complexity index is 923. The van der Waals surface area contributed by atoms with Gasteiger partial charge in [-0.15, -0.1) is 23.5 Å². The van der Waals surface area contributed by atoms with Crippen molar-refractivity contribution in [1.29, 1.82) is 0 Å². The predicted molar refractivity (Wildman–Crippen MR) is 155 cm³/mol. The number of hydrogen-bond acceptors (Lipinski definition) is 4. The molecule has 7 heteroatoms. The zero-order chi connectivity index (χ0) is 24.8. The van der Waals surface area contributed by atoms with E-state index >= 15 is 0 Å². The van der Waals surface area contributed by atoms with Crippen LogP contribution in [0.5, 0.6) is 0 Å². The minimum absolute atomic E-state index is 0.0148. The number of aryl methyl sites for hydroxylation is 1. The van der Waals surface area contributed by atoms with Gasteiger partial charge in [0.2, 0.25) is 0 Å². The topological polar surface area (TPSA) is 38.3 Å². The molecule has 1 saturated heterocycles. The number of hydrogen-bond donors (Lipinski definition) is 1. The molecule has 2 aromatic rings. The smallest absolute Gasteiger partial charge is 0.191 e. The third-order valence-electron chi connectivity index (χ3n) is 6.95. The fourth-order valence-corrected chi connectivity index (χ4v) is 9.70. The number of rotatable bonds is 10. The van der Waals surface area contributed by atoms with Gasteiger partial charge in [0.15, 0.2) is 8.32 Å². The Balaban J connectivity index is 1.82. The zero-order valence-corrected chi connectivity index (χ0v) is 25.0. The highest BCUT2D eigenvalue weighted by molar-refractivity contribution is 8.18. The van der Waals surface area contributed by atoms with Crippen LogP contribution in [0.4, 0.5) is 0 Å². The van der Waals surface area contributed by atoms with Gasteiger partial charge in [0.05, 0.1) is 15.0 Å². The Morgan fingerprint density at radius 2 is 1.68 bits per heavy atom. The molecule has 1 fully saturated rings. The predicted octanol–water partition coefficient (Wildman–Crippen LogP) is 7.72. The lowest BCUT2D eigenvalue weighted by atomic mass is 10.0. The van der Waals surface area contributed by atoms with E-state index in [-0.39, 0.29) is 15.2 Å². The summed E-state index contributed by atoms with van der Waals surface area (Å²) in [6.45, 7) is 14.4. The molecular formula is C27H41NO2S3Si. The molecule has 0 bridgehead atoms. The van der Waals surface area contributed by atoms with Crippen LogP contribution in [0, 0.1) is 6.92 Å². The monoisotopic (exact) mass is 535 g/mol. The normalized spacial score (nSPS) is 18.4. The van der Waals surface area contributed by atoms with Gasteiger partial charge in [-0.1, -0.05) is 68.8 Å².